The molecule has 1 aromatic carbocycles. The van der Waals surface area contributed by atoms with Gasteiger partial charge in [0.2, 0.25) is 0 Å². The second kappa shape index (κ2) is 7.97. The summed E-state index contributed by atoms with van der Waals surface area (Å²) in [6.45, 7) is 5.45. The van der Waals surface area contributed by atoms with Crippen LogP contribution in [0.15, 0.2) is 48.7 Å². The Balaban J connectivity index is 1.68. The van der Waals surface area contributed by atoms with Crippen LogP contribution in [-0.2, 0) is 6.54 Å². The van der Waals surface area contributed by atoms with Crippen LogP contribution in [0, 0.1) is 0 Å². The van der Waals surface area contributed by atoms with Crippen molar-refractivity contribution in [1.82, 2.24) is 9.88 Å². The van der Waals surface area contributed by atoms with Crippen molar-refractivity contribution in [3.05, 3.63) is 54.2 Å². The topological polar surface area (TPSA) is 28.6 Å². The van der Waals surface area contributed by atoms with E-state index >= 15 is 0 Å². The van der Waals surface area contributed by atoms with Crippen molar-refractivity contribution in [2.45, 2.75) is 19.4 Å². The highest BCUT2D eigenvalue weighted by molar-refractivity contribution is 5.40. The van der Waals surface area contributed by atoms with E-state index in [0.29, 0.717) is 0 Å². The van der Waals surface area contributed by atoms with Crippen molar-refractivity contribution in [2.24, 2.45) is 0 Å². The molecule has 0 bridgehead atoms. The summed E-state index contributed by atoms with van der Waals surface area (Å²) in [7, 11) is 1.70. The third kappa shape index (κ3) is 4.45. The van der Waals surface area contributed by atoms with Crippen molar-refractivity contribution in [2.75, 3.05) is 38.2 Å². The number of aromatic nitrogens is 1. The van der Waals surface area contributed by atoms with Crippen LogP contribution in [0.2, 0.25) is 0 Å². The number of pyridine rings is 1. The Morgan fingerprint density at radius 2 is 1.87 bits per heavy atom. The smallest absolute Gasteiger partial charge is 0.128 e. The number of hydrogen-bond donors (Lipinski definition) is 0. The van der Waals surface area contributed by atoms with Crippen LogP contribution in [-0.4, -0.2) is 43.2 Å². The molecule has 0 saturated carbocycles. The average molecular weight is 311 g/mol. The molecule has 1 aliphatic rings. The Morgan fingerprint density at radius 1 is 1.09 bits per heavy atom. The van der Waals surface area contributed by atoms with Gasteiger partial charge in [0.25, 0.3) is 0 Å². The minimum Gasteiger partial charge on any atom is -0.497 e. The molecule has 0 aliphatic carbocycles. The first kappa shape index (κ1) is 15.8. The minimum atomic E-state index is 0.870. The fourth-order valence-electron chi connectivity index (χ4n) is 3.04. The number of likely N-dealkylation sites (tertiary alicyclic amines) is 1. The summed E-state index contributed by atoms with van der Waals surface area (Å²) in [5.74, 6) is 1.94. The monoisotopic (exact) mass is 311 g/mol. The molecule has 1 aromatic heterocycles. The summed E-state index contributed by atoms with van der Waals surface area (Å²) >= 11 is 0. The lowest BCUT2D eigenvalue weighted by Gasteiger charge is -2.26. The normalized spacial score (nSPS) is 14.8. The highest BCUT2D eigenvalue weighted by Crippen LogP contribution is 2.17. The summed E-state index contributed by atoms with van der Waals surface area (Å²) in [5.41, 5.74) is 1.28. The maximum absolute atomic E-state index is 5.24. The lowest BCUT2D eigenvalue weighted by molar-refractivity contribution is 0.344. The van der Waals surface area contributed by atoms with E-state index in [1.54, 1.807) is 7.11 Å². The summed E-state index contributed by atoms with van der Waals surface area (Å²) in [5, 5.41) is 0. The number of hydrogen-bond acceptors (Lipinski definition) is 4. The molecule has 3 rings (SSSR count). The van der Waals surface area contributed by atoms with Gasteiger partial charge in [-0.25, -0.2) is 4.98 Å². The maximum atomic E-state index is 5.24. The zero-order chi connectivity index (χ0) is 15.9. The van der Waals surface area contributed by atoms with E-state index in [0.717, 1.165) is 31.2 Å². The van der Waals surface area contributed by atoms with Crippen molar-refractivity contribution < 1.29 is 4.74 Å². The summed E-state index contributed by atoms with van der Waals surface area (Å²) < 4.78 is 5.24. The molecule has 1 aliphatic heterocycles. The predicted molar refractivity (Wildman–Crippen MR) is 94.0 cm³/mol. The van der Waals surface area contributed by atoms with Crippen LogP contribution in [0.25, 0.3) is 0 Å². The van der Waals surface area contributed by atoms with Gasteiger partial charge in [0, 0.05) is 25.8 Å². The van der Waals surface area contributed by atoms with Crippen LogP contribution in [0.3, 0.4) is 0 Å². The van der Waals surface area contributed by atoms with Crippen LogP contribution in [0.4, 0.5) is 5.82 Å². The maximum Gasteiger partial charge on any atom is 0.128 e. The number of methoxy groups -OCH3 is 1. The number of rotatable bonds is 7. The van der Waals surface area contributed by atoms with Crippen molar-refractivity contribution in [3.8, 4) is 5.75 Å². The number of ether oxygens (including phenoxy) is 1. The SMILES string of the molecule is COc1ccc(CN(CCN2CCCC2)c2ccccn2)cc1. The Labute approximate surface area is 138 Å². The van der Waals surface area contributed by atoms with E-state index in [1.165, 1.54) is 31.5 Å². The van der Waals surface area contributed by atoms with Crippen LogP contribution in [0.5, 0.6) is 5.75 Å². The van der Waals surface area contributed by atoms with Gasteiger partial charge in [0.05, 0.1) is 7.11 Å². The lowest BCUT2D eigenvalue weighted by atomic mass is 10.2. The first-order valence-electron chi connectivity index (χ1n) is 8.36. The lowest BCUT2D eigenvalue weighted by Crippen LogP contribution is -2.34. The van der Waals surface area contributed by atoms with E-state index in [1.807, 2.05) is 24.4 Å². The second-order valence-corrected chi connectivity index (χ2v) is 6.01. The van der Waals surface area contributed by atoms with Gasteiger partial charge in [0.15, 0.2) is 0 Å². The van der Waals surface area contributed by atoms with Gasteiger partial charge < -0.3 is 14.5 Å². The molecule has 0 radical (unpaired) electrons. The van der Waals surface area contributed by atoms with E-state index < -0.39 is 0 Å². The average Bonchev–Trinajstić information content (AvgIpc) is 3.13. The van der Waals surface area contributed by atoms with Crippen LogP contribution in [0.1, 0.15) is 18.4 Å². The number of benzene rings is 1. The fourth-order valence-corrected chi connectivity index (χ4v) is 3.04. The summed E-state index contributed by atoms with van der Waals surface area (Å²) in [6.07, 6.45) is 4.54. The van der Waals surface area contributed by atoms with E-state index in [2.05, 4.69) is 39.0 Å². The van der Waals surface area contributed by atoms with Gasteiger partial charge in [-0.05, 0) is 55.8 Å². The number of anilines is 1. The van der Waals surface area contributed by atoms with Gasteiger partial charge >= 0.3 is 0 Å². The first-order valence-corrected chi connectivity index (χ1v) is 8.36. The Morgan fingerprint density at radius 3 is 2.52 bits per heavy atom. The highest BCUT2D eigenvalue weighted by Gasteiger charge is 2.14. The molecule has 1 saturated heterocycles. The summed E-state index contributed by atoms with van der Waals surface area (Å²) in [6, 6.07) is 14.4. The van der Waals surface area contributed by atoms with Crippen molar-refractivity contribution >= 4 is 5.82 Å². The third-order valence-corrected chi connectivity index (χ3v) is 4.39. The van der Waals surface area contributed by atoms with Gasteiger partial charge in [0.1, 0.15) is 11.6 Å². The molecule has 0 spiro atoms. The fraction of sp³-hybridized carbons (Fsp3) is 0.421. The molecule has 2 aromatic rings. The van der Waals surface area contributed by atoms with E-state index in [-0.39, 0.29) is 0 Å². The number of nitrogens with zero attached hydrogens (tertiary/aromatic N) is 3. The predicted octanol–water partition coefficient (Wildman–Crippen LogP) is 3.19. The van der Waals surface area contributed by atoms with Gasteiger partial charge in [-0.15, -0.1) is 0 Å². The van der Waals surface area contributed by atoms with Crippen molar-refractivity contribution in [1.29, 1.82) is 0 Å². The molecule has 0 atom stereocenters. The molecular weight excluding hydrogens is 286 g/mol. The molecule has 0 N–H and O–H groups in total. The summed E-state index contributed by atoms with van der Waals surface area (Å²) in [4.78, 5) is 9.44. The molecule has 0 unspecified atom stereocenters. The van der Waals surface area contributed by atoms with E-state index in [9.17, 15) is 0 Å². The molecule has 1 fully saturated rings. The Bertz CT molecular complexity index is 579. The van der Waals surface area contributed by atoms with Gasteiger partial charge in [-0.1, -0.05) is 18.2 Å². The molecular formula is C19H25N3O. The standard InChI is InChI=1S/C19H25N3O/c1-23-18-9-7-17(8-10-18)16-22(19-6-2-3-11-20-19)15-14-21-12-4-5-13-21/h2-3,6-11H,4-5,12-16H2,1H3. The molecule has 23 heavy (non-hydrogen) atoms. The zero-order valence-corrected chi connectivity index (χ0v) is 13.8. The highest BCUT2D eigenvalue weighted by atomic mass is 16.5. The second-order valence-electron chi connectivity index (χ2n) is 6.01. The largest absolute Gasteiger partial charge is 0.497 e. The van der Waals surface area contributed by atoms with Crippen LogP contribution >= 0.6 is 0 Å². The minimum absolute atomic E-state index is 0.870. The van der Waals surface area contributed by atoms with Gasteiger partial charge in [-0.2, -0.15) is 0 Å². The molecule has 122 valence electrons. The molecule has 0 amide bonds. The molecule has 4 nitrogen and oxygen atoms in total. The molecule has 4 heteroatoms. The molecule has 2 heterocycles. The van der Waals surface area contributed by atoms with E-state index in [4.69, 9.17) is 4.74 Å². The zero-order valence-electron chi connectivity index (χ0n) is 13.8. The van der Waals surface area contributed by atoms with Crippen LogP contribution < -0.4 is 9.64 Å². The van der Waals surface area contributed by atoms with Gasteiger partial charge in [-0.3, -0.25) is 0 Å². The Kier molecular flexibility index (Phi) is 5.48. The van der Waals surface area contributed by atoms with Crippen molar-refractivity contribution in [3.63, 3.8) is 0 Å². The first-order chi connectivity index (χ1) is 11.3. The Hall–Kier alpha value is -2.07. The quantitative estimate of drug-likeness (QED) is 0.785. The third-order valence-electron chi connectivity index (χ3n) is 4.39.